The molecule has 0 radical (unpaired) electrons. The summed E-state index contributed by atoms with van der Waals surface area (Å²) in [5.74, 6) is -0.338. The van der Waals surface area contributed by atoms with Gasteiger partial charge in [0.05, 0.1) is 23.0 Å². The number of ether oxygens (including phenoxy) is 1. The predicted molar refractivity (Wildman–Crippen MR) is 87.8 cm³/mol. The van der Waals surface area contributed by atoms with Crippen molar-refractivity contribution in [1.29, 1.82) is 0 Å². The summed E-state index contributed by atoms with van der Waals surface area (Å²) in [6, 6.07) is 3.76. The number of hydrogen-bond donors (Lipinski definition) is 0. The third kappa shape index (κ3) is 4.09. The van der Waals surface area contributed by atoms with E-state index in [1.807, 2.05) is 0 Å². The van der Waals surface area contributed by atoms with Gasteiger partial charge in [0.15, 0.2) is 9.84 Å². The zero-order chi connectivity index (χ0) is 17.9. The van der Waals surface area contributed by atoms with E-state index in [9.17, 15) is 23.3 Å². The summed E-state index contributed by atoms with van der Waals surface area (Å²) in [5, 5.41) is 10.9. The van der Waals surface area contributed by atoms with Crippen LogP contribution in [0.15, 0.2) is 18.2 Å². The second-order valence-corrected chi connectivity index (χ2v) is 8.04. The number of methoxy groups -OCH3 is 1. The van der Waals surface area contributed by atoms with E-state index < -0.39 is 20.8 Å². The first kappa shape index (κ1) is 18.3. The SMILES string of the molecule is COCCN(C(=O)c1ccc([N+](=O)[O-])c(C)c1)C1CCS(=O)(=O)C1. The van der Waals surface area contributed by atoms with Gasteiger partial charge in [0.1, 0.15) is 0 Å². The molecule has 1 fully saturated rings. The summed E-state index contributed by atoms with van der Waals surface area (Å²) >= 11 is 0. The summed E-state index contributed by atoms with van der Waals surface area (Å²) in [5.41, 5.74) is 0.633. The van der Waals surface area contributed by atoms with Crippen LogP contribution in [-0.4, -0.2) is 62.0 Å². The van der Waals surface area contributed by atoms with Crippen molar-refractivity contribution in [2.24, 2.45) is 0 Å². The summed E-state index contributed by atoms with van der Waals surface area (Å²) in [4.78, 5) is 24.7. The fourth-order valence-electron chi connectivity index (χ4n) is 2.82. The first-order valence-electron chi connectivity index (χ1n) is 7.50. The highest BCUT2D eigenvalue weighted by Crippen LogP contribution is 2.23. The van der Waals surface area contributed by atoms with E-state index in [0.29, 0.717) is 17.5 Å². The maximum Gasteiger partial charge on any atom is 0.272 e. The largest absolute Gasteiger partial charge is 0.383 e. The topological polar surface area (TPSA) is 107 Å². The van der Waals surface area contributed by atoms with Crippen LogP contribution in [0.3, 0.4) is 0 Å². The molecule has 1 saturated heterocycles. The van der Waals surface area contributed by atoms with Crippen LogP contribution in [0.25, 0.3) is 0 Å². The molecule has 0 bridgehead atoms. The van der Waals surface area contributed by atoms with Gasteiger partial charge < -0.3 is 9.64 Å². The molecule has 0 aromatic heterocycles. The number of carbonyl (C=O) groups is 1. The van der Waals surface area contributed by atoms with Crippen LogP contribution in [-0.2, 0) is 14.6 Å². The maximum absolute atomic E-state index is 12.8. The number of aryl methyl sites for hydroxylation is 1. The smallest absolute Gasteiger partial charge is 0.272 e. The third-order valence-corrected chi connectivity index (χ3v) is 5.84. The number of sulfone groups is 1. The van der Waals surface area contributed by atoms with Crippen LogP contribution in [0, 0.1) is 17.0 Å². The molecule has 1 unspecified atom stereocenters. The molecular formula is C15H20N2O6S. The molecule has 1 aliphatic rings. The summed E-state index contributed by atoms with van der Waals surface area (Å²) in [6.07, 6.45) is 0.393. The van der Waals surface area contributed by atoms with Crippen molar-refractivity contribution >= 4 is 21.4 Å². The van der Waals surface area contributed by atoms with Gasteiger partial charge in [-0.15, -0.1) is 0 Å². The lowest BCUT2D eigenvalue weighted by Gasteiger charge is -2.28. The Morgan fingerprint density at radius 2 is 2.17 bits per heavy atom. The molecule has 1 atom stereocenters. The standard InChI is InChI=1S/C15H20N2O6S/c1-11-9-12(3-4-14(11)17(19)20)15(18)16(6-7-23-2)13-5-8-24(21,22)10-13/h3-4,9,13H,5-8,10H2,1-2H3. The lowest BCUT2D eigenvalue weighted by molar-refractivity contribution is -0.385. The second-order valence-electron chi connectivity index (χ2n) is 5.81. The number of nitro benzene ring substituents is 1. The molecule has 0 aliphatic carbocycles. The number of carbonyl (C=O) groups excluding carboxylic acids is 1. The van der Waals surface area contributed by atoms with Crippen LogP contribution < -0.4 is 0 Å². The van der Waals surface area contributed by atoms with Gasteiger partial charge in [-0.3, -0.25) is 14.9 Å². The maximum atomic E-state index is 12.8. The number of nitrogens with zero attached hydrogens (tertiary/aromatic N) is 2. The van der Waals surface area contributed by atoms with Crippen LogP contribution in [0.2, 0.25) is 0 Å². The summed E-state index contributed by atoms with van der Waals surface area (Å²) < 4.78 is 28.4. The predicted octanol–water partition coefficient (Wildman–Crippen LogP) is 1.18. The average Bonchev–Trinajstić information content (AvgIpc) is 2.86. The van der Waals surface area contributed by atoms with E-state index in [1.165, 1.54) is 30.2 Å². The van der Waals surface area contributed by atoms with E-state index in [4.69, 9.17) is 4.74 Å². The van der Waals surface area contributed by atoms with Crippen molar-refractivity contribution in [3.8, 4) is 0 Å². The Balaban J connectivity index is 2.27. The Morgan fingerprint density at radius 1 is 1.46 bits per heavy atom. The van der Waals surface area contributed by atoms with Crippen LogP contribution in [0.5, 0.6) is 0 Å². The van der Waals surface area contributed by atoms with Gasteiger partial charge in [-0.25, -0.2) is 8.42 Å². The molecular weight excluding hydrogens is 336 g/mol. The van der Waals surface area contributed by atoms with Crippen molar-refractivity contribution in [1.82, 2.24) is 4.90 Å². The summed E-state index contributed by atoms with van der Waals surface area (Å²) in [6.45, 7) is 2.12. The van der Waals surface area contributed by atoms with E-state index in [-0.39, 0.29) is 36.3 Å². The molecule has 0 spiro atoms. The van der Waals surface area contributed by atoms with Crippen molar-refractivity contribution in [2.45, 2.75) is 19.4 Å². The van der Waals surface area contributed by atoms with Crippen LogP contribution in [0.4, 0.5) is 5.69 Å². The molecule has 1 heterocycles. The lowest BCUT2D eigenvalue weighted by atomic mass is 10.1. The molecule has 1 amide bonds. The molecule has 0 N–H and O–H groups in total. The highest BCUT2D eigenvalue weighted by atomic mass is 32.2. The summed E-state index contributed by atoms with van der Waals surface area (Å²) in [7, 11) is -1.63. The minimum Gasteiger partial charge on any atom is -0.383 e. The van der Waals surface area contributed by atoms with Crippen molar-refractivity contribution in [2.75, 3.05) is 31.8 Å². The van der Waals surface area contributed by atoms with Gasteiger partial charge in [0, 0.05) is 36.9 Å². The van der Waals surface area contributed by atoms with E-state index in [0.717, 1.165) is 0 Å². The molecule has 0 saturated carbocycles. The number of hydrogen-bond acceptors (Lipinski definition) is 6. The van der Waals surface area contributed by atoms with Gasteiger partial charge in [-0.1, -0.05) is 0 Å². The Hall–Kier alpha value is -2.00. The van der Waals surface area contributed by atoms with Crippen LogP contribution in [0.1, 0.15) is 22.3 Å². The highest BCUT2D eigenvalue weighted by Gasteiger charge is 2.35. The van der Waals surface area contributed by atoms with Crippen molar-refractivity contribution < 1.29 is 22.9 Å². The van der Waals surface area contributed by atoms with Gasteiger partial charge in [-0.05, 0) is 25.5 Å². The zero-order valence-corrected chi connectivity index (χ0v) is 14.4. The van der Waals surface area contributed by atoms with Gasteiger partial charge in [0.25, 0.3) is 11.6 Å². The molecule has 1 aromatic carbocycles. The number of rotatable bonds is 6. The average molecular weight is 356 g/mol. The Labute approximate surface area is 140 Å². The molecule has 2 rings (SSSR count). The third-order valence-electron chi connectivity index (χ3n) is 4.09. The first-order chi connectivity index (χ1) is 11.2. The molecule has 24 heavy (non-hydrogen) atoms. The first-order valence-corrected chi connectivity index (χ1v) is 9.32. The molecule has 9 heteroatoms. The lowest BCUT2D eigenvalue weighted by Crippen LogP contribution is -2.43. The fraction of sp³-hybridized carbons (Fsp3) is 0.533. The number of amides is 1. The number of benzene rings is 1. The molecule has 132 valence electrons. The van der Waals surface area contributed by atoms with E-state index >= 15 is 0 Å². The van der Waals surface area contributed by atoms with Gasteiger partial charge in [-0.2, -0.15) is 0 Å². The molecule has 1 aliphatic heterocycles. The van der Waals surface area contributed by atoms with Crippen molar-refractivity contribution in [3.63, 3.8) is 0 Å². The Kier molecular flexibility index (Phi) is 5.55. The van der Waals surface area contributed by atoms with Crippen molar-refractivity contribution in [3.05, 3.63) is 39.4 Å². The number of nitro groups is 1. The van der Waals surface area contributed by atoms with E-state index in [2.05, 4.69) is 0 Å². The fourth-order valence-corrected chi connectivity index (χ4v) is 4.55. The zero-order valence-electron chi connectivity index (χ0n) is 13.6. The molecule has 8 nitrogen and oxygen atoms in total. The molecule has 1 aromatic rings. The normalized spacial score (nSPS) is 19.2. The minimum absolute atomic E-state index is 0.0570. The quantitative estimate of drug-likeness (QED) is 0.559. The van der Waals surface area contributed by atoms with Crippen LogP contribution >= 0.6 is 0 Å². The Bertz CT molecular complexity index is 746. The van der Waals surface area contributed by atoms with E-state index in [1.54, 1.807) is 6.92 Å². The Morgan fingerprint density at radius 3 is 2.67 bits per heavy atom. The van der Waals surface area contributed by atoms with Gasteiger partial charge >= 0.3 is 0 Å². The van der Waals surface area contributed by atoms with Gasteiger partial charge in [0.2, 0.25) is 0 Å². The monoisotopic (exact) mass is 356 g/mol. The highest BCUT2D eigenvalue weighted by molar-refractivity contribution is 7.91. The second kappa shape index (κ2) is 7.27. The minimum atomic E-state index is -3.13.